The molecule has 0 aliphatic carbocycles. The van der Waals surface area contributed by atoms with Gasteiger partial charge in [-0.3, -0.25) is 9.78 Å². The first-order valence-electron chi connectivity index (χ1n) is 6.92. The molecule has 106 valence electrons. The van der Waals surface area contributed by atoms with E-state index in [1.807, 2.05) is 42.6 Å². The summed E-state index contributed by atoms with van der Waals surface area (Å²) < 4.78 is 1.66. The Morgan fingerprint density at radius 2 is 2.00 bits per heavy atom. The summed E-state index contributed by atoms with van der Waals surface area (Å²) in [5.41, 5.74) is 2.84. The van der Waals surface area contributed by atoms with Crippen LogP contribution in [-0.4, -0.2) is 9.55 Å². The Labute approximate surface area is 123 Å². The third kappa shape index (κ3) is 2.52. The van der Waals surface area contributed by atoms with Crippen LogP contribution in [0.5, 0.6) is 0 Å². The molecule has 0 fully saturated rings. The number of pyridine rings is 2. The molecule has 2 aromatic heterocycles. The molecule has 0 amide bonds. The van der Waals surface area contributed by atoms with Crippen molar-refractivity contribution in [3.8, 4) is 0 Å². The van der Waals surface area contributed by atoms with Gasteiger partial charge in [0.05, 0.1) is 11.6 Å². The lowest BCUT2D eigenvalue weighted by molar-refractivity contribution is 0.868. The molecule has 3 aromatic rings. The van der Waals surface area contributed by atoms with Crippen molar-refractivity contribution < 1.29 is 0 Å². The number of hydrogen-bond acceptors (Lipinski definition) is 3. The summed E-state index contributed by atoms with van der Waals surface area (Å²) in [5.74, 6) is 0. The summed E-state index contributed by atoms with van der Waals surface area (Å²) in [6, 6.07) is 13.6. The SMILES string of the molecule is CC(Nc1cc(=O)n(C)c2ccccc12)c1cccnc1. The van der Waals surface area contributed by atoms with Gasteiger partial charge in [-0.2, -0.15) is 0 Å². The fraction of sp³-hybridized carbons (Fsp3) is 0.176. The van der Waals surface area contributed by atoms with Gasteiger partial charge in [0, 0.05) is 36.6 Å². The highest BCUT2D eigenvalue weighted by molar-refractivity contribution is 5.91. The number of nitrogens with zero attached hydrogens (tertiary/aromatic N) is 2. The van der Waals surface area contributed by atoms with Gasteiger partial charge in [-0.05, 0) is 24.6 Å². The molecule has 0 radical (unpaired) electrons. The van der Waals surface area contributed by atoms with Gasteiger partial charge in [-0.15, -0.1) is 0 Å². The Hall–Kier alpha value is -2.62. The predicted molar refractivity (Wildman–Crippen MR) is 85.5 cm³/mol. The second-order valence-corrected chi connectivity index (χ2v) is 5.12. The largest absolute Gasteiger partial charge is 0.378 e. The Morgan fingerprint density at radius 3 is 2.76 bits per heavy atom. The number of benzene rings is 1. The minimum absolute atomic E-state index is 0.0189. The first-order chi connectivity index (χ1) is 10.2. The average molecular weight is 279 g/mol. The Bertz CT molecular complexity index is 824. The van der Waals surface area contributed by atoms with E-state index in [4.69, 9.17) is 0 Å². The van der Waals surface area contributed by atoms with Crippen LogP contribution in [0, 0.1) is 0 Å². The van der Waals surface area contributed by atoms with Crippen LogP contribution in [-0.2, 0) is 7.05 Å². The standard InChI is InChI=1S/C17H17N3O/c1-12(13-6-5-9-18-11-13)19-15-10-17(21)20(2)16-8-4-3-7-14(15)16/h3-12,19H,1-2H3. The van der Waals surface area contributed by atoms with E-state index in [2.05, 4.69) is 17.2 Å². The van der Waals surface area contributed by atoms with Crippen LogP contribution in [0.1, 0.15) is 18.5 Å². The van der Waals surface area contributed by atoms with Gasteiger partial charge in [0.15, 0.2) is 0 Å². The molecule has 0 aliphatic heterocycles. The molecule has 3 rings (SSSR count). The van der Waals surface area contributed by atoms with E-state index in [1.165, 1.54) is 0 Å². The number of rotatable bonds is 3. The molecule has 4 heteroatoms. The Morgan fingerprint density at radius 1 is 1.19 bits per heavy atom. The number of anilines is 1. The van der Waals surface area contributed by atoms with Crippen molar-refractivity contribution in [1.29, 1.82) is 0 Å². The molecule has 21 heavy (non-hydrogen) atoms. The van der Waals surface area contributed by atoms with Crippen molar-refractivity contribution in [3.05, 3.63) is 70.8 Å². The summed E-state index contributed by atoms with van der Waals surface area (Å²) >= 11 is 0. The maximum absolute atomic E-state index is 12.1. The van der Waals surface area contributed by atoms with Crippen LogP contribution >= 0.6 is 0 Å². The molecule has 2 heterocycles. The van der Waals surface area contributed by atoms with E-state index in [-0.39, 0.29) is 11.6 Å². The van der Waals surface area contributed by atoms with Crippen molar-refractivity contribution in [3.63, 3.8) is 0 Å². The molecule has 0 saturated carbocycles. The van der Waals surface area contributed by atoms with Gasteiger partial charge in [-0.25, -0.2) is 0 Å². The summed E-state index contributed by atoms with van der Waals surface area (Å²) in [6.07, 6.45) is 3.59. The molecule has 4 nitrogen and oxygen atoms in total. The van der Waals surface area contributed by atoms with Crippen molar-refractivity contribution in [2.24, 2.45) is 7.05 Å². The van der Waals surface area contributed by atoms with Crippen LogP contribution in [0.15, 0.2) is 59.7 Å². The molecule has 0 spiro atoms. The molecule has 1 N–H and O–H groups in total. The lowest BCUT2D eigenvalue weighted by Crippen LogP contribution is -2.18. The minimum atomic E-state index is -0.0189. The highest BCUT2D eigenvalue weighted by Crippen LogP contribution is 2.25. The topological polar surface area (TPSA) is 46.9 Å². The number of hydrogen-bond donors (Lipinski definition) is 1. The fourth-order valence-electron chi connectivity index (χ4n) is 2.48. The summed E-state index contributed by atoms with van der Waals surface area (Å²) in [7, 11) is 1.79. The van der Waals surface area contributed by atoms with Gasteiger partial charge in [-0.1, -0.05) is 24.3 Å². The van der Waals surface area contributed by atoms with Gasteiger partial charge in [0.25, 0.3) is 5.56 Å². The van der Waals surface area contributed by atoms with Crippen LogP contribution in [0.4, 0.5) is 5.69 Å². The zero-order valence-electron chi connectivity index (χ0n) is 12.1. The lowest BCUT2D eigenvalue weighted by atomic mass is 10.1. The number of aromatic nitrogens is 2. The van der Waals surface area contributed by atoms with E-state index in [0.717, 1.165) is 22.2 Å². The smallest absolute Gasteiger partial charge is 0.252 e. The fourth-order valence-corrected chi connectivity index (χ4v) is 2.48. The number of aryl methyl sites for hydroxylation is 1. The van der Waals surface area contributed by atoms with Crippen molar-refractivity contribution in [2.75, 3.05) is 5.32 Å². The van der Waals surface area contributed by atoms with Crippen LogP contribution in [0.3, 0.4) is 0 Å². The second kappa shape index (κ2) is 5.40. The van der Waals surface area contributed by atoms with Crippen LogP contribution in [0.25, 0.3) is 10.9 Å². The predicted octanol–water partition coefficient (Wildman–Crippen LogP) is 3.11. The summed E-state index contributed by atoms with van der Waals surface area (Å²) in [6.45, 7) is 2.06. The Balaban J connectivity index is 2.05. The molecule has 1 aromatic carbocycles. The zero-order chi connectivity index (χ0) is 14.8. The van der Waals surface area contributed by atoms with E-state index in [1.54, 1.807) is 23.9 Å². The van der Waals surface area contributed by atoms with Crippen LogP contribution < -0.4 is 10.9 Å². The van der Waals surface area contributed by atoms with Gasteiger partial charge >= 0.3 is 0 Å². The molecular formula is C17H17N3O. The molecule has 1 unspecified atom stereocenters. The first kappa shape index (κ1) is 13.4. The van der Waals surface area contributed by atoms with E-state index >= 15 is 0 Å². The highest BCUT2D eigenvalue weighted by Gasteiger charge is 2.10. The normalized spacial score (nSPS) is 12.3. The van der Waals surface area contributed by atoms with E-state index in [0.29, 0.717) is 0 Å². The number of para-hydroxylation sites is 1. The molecule has 0 bridgehead atoms. The second-order valence-electron chi connectivity index (χ2n) is 5.12. The molecule has 0 aliphatic rings. The summed E-state index contributed by atoms with van der Waals surface area (Å²) in [5, 5.41) is 4.45. The monoisotopic (exact) mass is 279 g/mol. The molecule has 0 saturated heterocycles. The van der Waals surface area contributed by atoms with Crippen molar-refractivity contribution in [2.45, 2.75) is 13.0 Å². The zero-order valence-corrected chi connectivity index (χ0v) is 12.1. The number of nitrogens with one attached hydrogen (secondary N) is 1. The van der Waals surface area contributed by atoms with Gasteiger partial charge in [0.2, 0.25) is 0 Å². The lowest BCUT2D eigenvalue weighted by Gasteiger charge is -2.17. The third-order valence-electron chi connectivity index (χ3n) is 3.71. The highest BCUT2D eigenvalue weighted by atomic mass is 16.1. The van der Waals surface area contributed by atoms with Gasteiger partial charge in [0.1, 0.15) is 0 Å². The van der Waals surface area contributed by atoms with E-state index in [9.17, 15) is 4.79 Å². The molecular weight excluding hydrogens is 262 g/mol. The Kier molecular flexibility index (Phi) is 3.44. The minimum Gasteiger partial charge on any atom is -0.378 e. The maximum Gasteiger partial charge on any atom is 0.252 e. The van der Waals surface area contributed by atoms with Crippen molar-refractivity contribution in [1.82, 2.24) is 9.55 Å². The molecule has 1 atom stereocenters. The third-order valence-corrected chi connectivity index (χ3v) is 3.71. The average Bonchev–Trinajstić information content (AvgIpc) is 2.53. The van der Waals surface area contributed by atoms with E-state index < -0.39 is 0 Å². The van der Waals surface area contributed by atoms with Gasteiger partial charge < -0.3 is 9.88 Å². The number of fused-ring (bicyclic) bond motifs is 1. The first-order valence-corrected chi connectivity index (χ1v) is 6.92. The van der Waals surface area contributed by atoms with Crippen molar-refractivity contribution >= 4 is 16.6 Å². The maximum atomic E-state index is 12.1. The quantitative estimate of drug-likeness (QED) is 0.801. The van der Waals surface area contributed by atoms with Crippen LogP contribution in [0.2, 0.25) is 0 Å². The summed E-state index contributed by atoms with van der Waals surface area (Å²) in [4.78, 5) is 16.2.